The van der Waals surface area contributed by atoms with E-state index in [2.05, 4.69) is 27.9 Å². The molecular weight excluding hydrogens is 580 g/mol. The van der Waals surface area contributed by atoms with Crippen molar-refractivity contribution in [3.8, 4) is 5.75 Å². The number of aliphatic hydroxyl groups is 1. The Hall–Kier alpha value is -3.64. The van der Waals surface area contributed by atoms with Crippen molar-refractivity contribution in [2.45, 2.75) is 69.3 Å². The number of anilines is 1. The Balaban J connectivity index is 1.31. The number of thioether (sulfide) groups is 1. The number of likely N-dealkylation sites (tertiary alicyclic amines) is 1. The van der Waals surface area contributed by atoms with Gasteiger partial charge in [-0.05, 0) is 68.0 Å². The van der Waals surface area contributed by atoms with E-state index >= 15 is 0 Å². The fourth-order valence-corrected chi connectivity index (χ4v) is 9.99. The van der Waals surface area contributed by atoms with Gasteiger partial charge in [-0.15, -0.1) is 16.9 Å². The average Bonchev–Trinajstić information content (AvgIpc) is 3.73. The second-order valence-electron chi connectivity index (χ2n) is 12.5. The van der Waals surface area contributed by atoms with Gasteiger partial charge in [0.15, 0.2) is 0 Å². The quantitative estimate of drug-likeness (QED) is 0.297. The Morgan fingerprint density at radius 3 is 2.61 bits per heavy atom. The maximum Gasteiger partial charge on any atom is 0.245 e. The summed E-state index contributed by atoms with van der Waals surface area (Å²) < 4.78 is 6.34. The van der Waals surface area contributed by atoms with E-state index in [9.17, 15) is 19.5 Å². The second kappa shape index (κ2) is 12.0. The van der Waals surface area contributed by atoms with Crippen molar-refractivity contribution in [3.05, 3.63) is 48.5 Å². The molecule has 1 spiro atoms. The minimum Gasteiger partial charge on any atom is -0.494 e. The van der Waals surface area contributed by atoms with Crippen molar-refractivity contribution >= 4 is 46.2 Å². The predicted molar refractivity (Wildman–Crippen MR) is 168 cm³/mol. The number of amides is 3. The van der Waals surface area contributed by atoms with Gasteiger partial charge < -0.3 is 25.4 Å². The average molecular weight is 621 g/mol. The van der Waals surface area contributed by atoms with Gasteiger partial charge >= 0.3 is 0 Å². The molecule has 7 atom stereocenters. The van der Waals surface area contributed by atoms with Crippen molar-refractivity contribution in [2.75, 3.05) is 18.5 Å². The minimum atomic E-state index is -0.848. The Morgan fingerprint density at radius 1 is 1.16 bits per heavy atom. The lowest BCUT2D eigenvalue weighted by molar-refractivity contribution is -0.142. The van der Waals surface area contributed by atoms with Gasteiger partial charge in [0.1, 0.15) is 24.0 Å². The van der Waals surface area contributed by atoms with Crippen LogP contribution in [0.3, 0.4) is 0 Å². The maximum absolute atomic E-state index is 14.5. The smallest absolute Gasteiger partial charge is 0.245 e. The van der Waals surface area contributed by atoms with E-state index in [0.717, 1.165) is 17.5 Å². The highest BCUT2D eigenvalue weighted by atomic mass is 32.2. The molecule has 4 heterocycles. The number of rotatable bonds is 11. The van der Waals surface area contributed by atoms with Gasteiger partial charge in [0.2, 0.25) is 17.7 Å². The third-order valence-electron chi connectivity index (χ3n) is 9.34. The predicted octanol–water partition coefficient (Wildman–Crippen LogP) is 3.29. The van der Waals surface area contributed by atoms with Crippen LogP contribution in [-0.4, -0.2) is 78.0 Å². The van der Waals surface area contributed by atoms with Gasteiger partial charge in [0.25, 0.3) is 0 Å². The molecule has 3 N–H and O–H groups in total. The third kappa shape index (κ3) is 5.01. The summed E-state index contributed by atoms with van der Waals surface area (Å²) in [4.78, 5) is 44.3. The normalized spacial score (nSPS) is 28.0. The molecule has 234 valence electrons. The van der Waals surface area contributed by atoms with Crippen LogP contribution in [-0.2, 0) is 21.1 Å². The number of aromatic nitrogens is 3. The summed E-state index contributed by atoms with van der Waals surface area (Å²) >= 11 is 1.61. The molecule has 3 fully saturated rings. The summed E-state index contributed by atoms with van der Waals surface area (Å²) in [6.07, 6.45) is 1.25. The molecule has 3 aromatic rings. The Kier molecular flexibility index (Phi) is 8.31. The number of hydrogen-bond acceptors (Lipinski definition) is 8. The number of benzene rings is 2. The second-order valence-corrected chi connectivity index (χ2v) is 14.0. The topological polar surface area (TPSA) is 139 Å². The number of aliphatic hydroxyl groups excluding tert-OH is 1. The van der Waals surface area contributed by atoms with E-state index in [1.54, 1.807) is 45.6 Å². The summed E-state index contributed by atoms with van der Waals surface area (Å²) in [6, 6.07) is 13.3. The number of carbonyl (C=O) groups is 3. The number of carbonyl (C=O) groups excluding carboxylic acids is 3. The molecule has 3 aliphatic rings. The Labute approximate surface area is 261 Å². The zero-order valence-corrected chi connectivity index (χ0v) is 26.3. The van der Waals surface area contributed by atoms with Gasteiger partial charge in [-0.3, -0.25) is 14.4 Å². The van der Waals surface area contributed by atoms with Crippen molar-refractivity contribution in [2.24, 2.45) is 23.7 Å². The summed E-state index contributed by atoms with van der Waals surface area (Å²) in [5.74, 6) is -1.15. The van der Waals surface area contributed by atoms with Gasteiger partial charge in [-0.2, -0.15) is 0 Å². The molecule has 2 aromatic carbocycles. The third-order valence-corrected chi connectivity index (χ3v) is 11.4. The largest absolute Gasteiger partial charge is 0.494 e. The number of para-hydroxylation sites is 1. The highest BCUT2D eigenvalue weighted by Crippen LogP contribution is 2.69. The first-order valence-corrected chi connectivity index (χ1v) is 16.3. The molecule has 0 aliphatic carbocycles. The highest BCUT2D eigenvalue weighted by molar-refractivity contribution is 8.02. The number of ether oxygens (including phenoxy) is 1. The summed E-state index contributed by atoms with van der Waals surface area (Å²) in [7, 11) is 0. The van der Waals surface area contributed by atoms with Crippen LogP contribution in [0.2, 0.25) is 0 Å². The summed E-state index contributed by atoms with van der Waals surface area (Å²) in [5, 5.41) is 24.9. The van der Waals surface area contributed by atoms with E-state index in [-0.39, 0.29) is 48.1 Å². The lowest BCUT2D eigenvalue weighted by atomic mass is 9.66. The lowest BCUT2D eigenvalue weighted by Gasteiger charge is -2.40. The molecule has 0 radical (unpaired) electrons. The number of fused-ring (bicyclic) bond motifs is 2. The van der Waals surface area contributed by atoms with Crippen LogP contribution < -0.4 is 15.4 Å². The highest BCUT2D eigenvalue weighted by Gasteiger charge is 2.76. The van der Waals surface area contributed by atoms with Crippen molar-refractivity contribution in [1.29, 1.82) is 0 Å². The van der Waals surface area contributed by atoms with Gasteiger partial charge in [0, 0.05) is 10.9 Å². The number of hydrogen-bond donors (Lipinski definition) is 3. The fraction of sp³-hybridized carbons (Fsp3) is 0.531. The SMILES string of the molecule is CCOc1ccc(NC(=O)[C@@H]2[C@H]3C(=O)N([C@@H](CO)CC(C)C)C(C(=O)NCn4nnc5ccccc54)C34S[C@@H]2CC4C)cc1. The zero-order valence-electron chi connectivity index (χ0n) is 25.5. The van der Waals surface area contributed by atoms with Crippen LogP contribution in [0.4, 0.5) is 5.69 Å². The molecule has 3 saturated heterocycles. The molecule has 6 rings (SSSR count). The molecule has 44 heavy (non-hydrogen) atoms. The zero-order chi connectivity index (χ0) is 31.2. The van der Waals surface area contributed by atoms with E-state index in [0.29, 0.717) is 24.5 Å². The van der Waals surface area contributed by atoms with Gasteiger partial charge in [-0.1, -0.05) is 38.1 Å². The molecule has 3 amide bonds. The minimum absolute atomic E-state index is 0.00678. The monoisotopic (exact) mass is 620 g/mol. The fourth-order valence-electron chi connectivity index (χ4n) is 7.58. The van der Waals surface area contributed by atoms with E-state index in [1.165, 1.54) is 0 Å². The van der Waals surface area contributed by atoms with E-state index < -0.39 is 28.7 Å². The number of nitrogens with zero attached hydrogens (tertiary/aromatic N) is 4. The van der Waals surface area contributed by atoms with Crippen LogP contribution in [0, 0.1) is 23.7 Å². The van der Waals surface area contributed by atoms with Crippen LogP contribution >= 0.6 is 11.8 Å². The van der Waals surface area contributed by atoms with Crippen LogP contribution in [0.15, 0.2) is 48.5 Å². The summed E-state index contributed by atoms with van der Waals surface area (Å²) in [5.41, 5.74) is 2.13. The molecule has 11 nitrogen and oxygen atoms in total. The van der Waals surface area contributed by atoms with Crippen LogP contribution in [0.5, 0.6) is 5.75 Å². The van der Waals surface area contributed by atoms with Crippen LogP contribution in [0.25, 0.3) is 11.0 Å². The standard InChI is InChI=1S/C32H40N6O5S/c1-5-43-22-12-10-20(11-13-22)34-29(40)26-25-15-19(4)32(44-25)27(26)31(42)38(21(16-39)14-18(2)3)28(32)30(41)33-17-37-24-9-7-6-8-23(24)35-36-37/h6-13,18-19,21,25-28,39H,5,14-17H2,1-4H3,(H,33,41)(H,34,40)/t19?,21-,25-,26+,27+,28?,32?/m1/s1. The van der Waals surface area contributed by atoms with E-state index in [1.807, 2.05) is 45.0 Å². The van der Waals surface area contributed by atoms with Gasteiger partial charge in [0.05, 0.1) is 41.4 Å². The van der Waals surface area contributed by atoms with Crippen molar-refractivity contribution in [1.82, 2.24) is 25.2 Å². The number of nitrogens with one attached hydrogen (secondary N) is 2. The Morgan fingerprint density at radius 2 is 1.91 bits per heavy atom. The van der Waals surface area contributed by atoms with Crippen LogP contribution in [0.1, 0.15) is 40.5 Å². The molecule has 0 saturated carbocycles. The molecule has 1 aromatic heterocycles. The van der Waals surface area contributed by atoms with Crippen molar-refractivity contribution < 1.29 is 24.2 Å². The lowest BCUT2D eigenvalue weighted by Crippen LogP contribution is -2.58. The Bertz CT molecular complexity index is 1550. The molecule has 2 bridgehead atoms. The van der Waals surface area contributed by atoms with E-state index in [4.69, 9.17) is 4.74 Å². The first-order chi connectivity index (χ1) is 21.2. The maximum atomic E-state index is 14.5. The molecule has 3 aliphatic heterocycles. The first-order valence-electron chi connectivity index (χ1n) is 15.4. The molecule has 12 heteroatoms. The molecule has 3 unspecified atom stereocenters. The first kappa shape index (κ1) is 30.4. The summed E-state index contributed by atoms with van der Waals surface area (Å²) in [6.45, 7) is 8.41. The van der Waals surface area contributed by atoms with Gasteiger partial charge in [-0.25, -0.2) is 4.68 Å². The molecular formula is C32H40N6O5S. The van der Waals surface area contributed by atoms with Crippen molar-refractivity contribution in [3.63, 3.8) is 0 Å².